The number of rotatable bonds is 6. The monoisotopic (exact) mass is 438 g/mol. The van der Waals surface area contributed by atoms with Gasteiger partial charge >= 0.3 is 0 Å². The van der Waals surface area contributed by atoms with Crippen LogP contribution in [0.2, 0.25) is 0 Å². The predicted molar refractivity (Wildman–Crippen MR) is 102 cm³/mol. The van der Waals surface area contributed by atoms with E-state index in [0.29, 0.717) is 16.7 Å². The summed E-state index contributed by atoms with van der Waals surface area (Å²) in [4.78, 5) is 4.34. The molecule has 1 N–H and O–H groups in total. The molecular weight excluding hydrogens is 425 g/mol. The topological polar surface area (TPSA) is 76.4 Å². The highest BCUT2D eigenvalue weighted by Gasteiger charge is 2.18. The number of sulfonamides is 1. The third-order valence-corrected chi connectivity index (χ3v) is 6.39. The van der Waals surface area contributed by atoms with Gasteiger partial charge in [-0.3, -0.25) is 0 Å². The number of benzene rings is 2. The molecule has 150 valence electrons. The van der Waals surface area contributed by atoms with E-state index in [1.54, 1.807) is 23.6 Å². The van der Waals surface area contributed by atoms with Crippen molar-refractivity contribution in [1.82, 2.24) is 19.3 Å². The first-order valence-electron chi connectivity index (χ1n) is 8.37. The van der Waals surface area contributed by atoms with Gasteiger partial charge in [0.1, 0.15) is 17.5 Å². The van der Waals surface area contributed by atoms with Gasteiger partial charge < -0.3 is 0 Å². The largest absolute Gasteiger partial charge is 0.240 e. The van der Waals surface area contributed by atoms with Crippen LogP contribution < -0.4 is 4.72 Å². The summed E-state index contributed by atoms with van der Waals surface area (Å²) in [6.45, 7) is -0.0266. The van der Waals surface area contributed by atoms with Crippen LogP contribution in [0.5, 0.6) is 0 Å². The maximum Gasteiger partial charge on any atom is 0.240 e. The van der Waals surface area contributed by atoms with E-state index in [0.717, 1.165) is 12.1 Å². The number of hydrogen-bond donors (Lipinski definition) is 1. The fraction of sp³-hybridized carbons (Fsp3) is 0.111. The number of thiazole rings is 1. The minimum absolute atomic E-state index is 0.0266. The van der Waals surface area contributed by atoms with Gasteiger partial charge in [0.25, 0.3) is 0 Å². The Balaban J connectivity index is 1.51. The molecule has 2 heterocycles. The average molecular weight is 438 g/mol. The molecule has 0 saturated heterocycles. The lowest BCUT2D eigenvalue weighted by atomic mass is 10.2. The first kappa shape index (κ1) is 19.6. The number of fused-ring (bicyclic) bond motifs is 1. The fourth-order valence-electron chi connectivity index (χ4n) is 2.73. The van der Waals surface area contributed by atoms with E-state index in [-0.39, 0.29) is 24.4 Å². The summed E-state index contributed by atoms with van der Waals surface area (Å²) in [6.07, 6.45) is 0.247. The Morgan fingerprint density at radius 2 is 1.79 bits per heavy atom. The first-order chi connectivity index (χ1) is 13.8. The Hall–Kier alpha value is -2.76. The average Bonchev–Trinajstić information content (AvgIpc) is 3.23. The van der Waals surface area contributed by atoms with Crippen molar-refractivity contribution in [3.63, 3.8) is 0 Å². The molecule has 0 bridgehead atoms. The van der Waals surface area contributed by atoms with Gasteiger partial charge in [0.05, 0.1) is 16.2 Å². The van der Waals surface area contributed by atoms with Crippen molar-refractivity contribution in [2.75, 3.05) is 6.54 Å². The lowest BCUT2D eigenvalue weighted by molar-refractivity contribution is 0.561. The Morgan fingerprint density at radius 1 is 1.07 bits per heavy atom. The number of nitrogens with one attached hydrogen (secondary N) is 1. The van der Waals surface area contributed by atoms with Crippen LogP contribution in [-0.2, 0) is 16.4 Å². The van der Waals surface area contributed by atoms with E-state index in [1.807, 2.05) is 0 Å². The van der Waals surface area contributed by atoms with Gasteiger partial charge in [-0.25, -0.2) is 30.8 Å². The number of nitrogens with zero attached hydrogens (tertiary/aromatic N) is 3. The maximum atomic E-state index is 13.9. The summed E-state index contributed by atoms with van der Waals surface area (Å²) < 4.78 is 68.8. The molecule has 29 heavy (non-hydrogen) atoms. The molecule has 0 spiro atoms. The van der Waals surface area contributed by atoms with Crippen molar-refractivity contribution in [2.24, 2.45) is 0 Å². The number of hydrogen-bond acceptors (Lipinski definition) is 5. The van der Waals surface area contributed by atoms with Crippen LogP contribution in [0.1, 0.15) is 5.69 Å². The molecule has 2 aromatic heterocycles. The molecule has 0 fully saturated rings. The van der Waals surface area contributed by atoms with Gasteiger partial charge in [-0.2, -0.15) is 4.98 Å². The minimum Gasteiger partial charge on any atom is -0.211 e. The summed E-state index contributed by atoms with van der Waals surface area (Å²) in [7, 11) is -4.08. The fourth-order valence-corrected chi connectivity index (χ4v) is 4.66. The standard InChI is InChI=1S/C18H13F3N4O2S2/c19-11-7-12(20)9-14(8-11)29(26,27)22-6-5-13-10-28-18-23-17(24-25(13)18)15-3-1-2-4-16(15)21/h1-4,7-10,22H,5-6H2. The Morgan fingerprint density at radius 3 is 2.52 bits per heavy atom. The molecule has 0 saturated carbocycles. The SMILES string of the molecule is O=S(=O)(NCCc1csc2nc(-c3ccccc3F)nn12)c1cc(F)cc(F)c1. The normalized spacial score (nSPS) is 12.0. The van der Waals surface area contributed by atoms with Gasteiger partial charge in [-0.05, 0) is 24.3 Å². The highest BCUT2D eigenvalue weighted by atomic mass is 32.2. The van der Waals surface area contributed by atoms with Crippen LogP contribution in [-0.4, -0.2) is 29.6 Å². The molecule has 0 aliphatic heterocycles. The summed E-state index contributed by atoms with van der Waals surface area (Å²) in [5.74, 6) is -2.17. The zero-order valence-corrected chi connectivity index (χ0v) is 16.3. The third kappa shape index (κ3) is 4.02. The molecule has 0 unspecified atom stereocenters. The van der Waals surface area contributed by atoms with E-state index in [2.05, 4.69) is 14.8 Å². The Labute approximate surface area is 167 Å². The van der Waals surface area contributed by atoms with E-state index >= 15 is 0 Å². The zero-order valence-electron chi connectivity index (χ0n) is 14.6. The second kappa shape index (κ2) is 7.58. The molecular formula is C18H13F3N4O2S2. The van der Waals surface area contributed by atoms with Crippen molar-refractivity contribution in [2.45, 2.75) is 11.3 Å². The van der Waals surface area contributed by atoms with Crippen molar-refractivity contribution in [3.05, 3.63) is 71.0 Å². The first-order valence-corrected chi connectivity index (χ1v) is 10.7. The Kier molecular flexibility index (Phi) is 5.11. The maximum absolute atomic E-state index is 13.9. The van der Waals surface area contributed by atoms with Crippen molar-refractivity contribution in [3.8, 4) is 11.4 Å². The molecule has 0 aliphatic carbocycles. The molecule has 0 amide bonds. The van der Waals surface area contributed by atoms with Gasteiger partial charge in [-0.1, -0.05) is 12.1 Å². The van der Waals surface area contributed by atoms with E-state index < -0.39 is 32.4 Å². The van der Waals surface area contributed by atoms with Gasteiger partial charge in [0.15, 0.2) is 5.82 Å². The van der Waals surface area contributed by atoms with E-state index in [4.69, 9.17) is 0 Å². The van der Waals surface area contributed by atoms with Crippen LogP contribution in [0.25, 0.3) is 16.3 Å². The van der Waals surface area contributed by atoms with Gasteiger partial charge in [0.2, 0.25) is 15.0 Å². The number of aromatic nitrogens is 3. The molecule has 0 aliphatic rings. The minimum atomic E-state index is -4.08. The lowest BCUT2D eigenvalue weighted by Gasteiger charge is -2.06. The second-order valence-electron chi connectivity index (χ2n) is 6.09. The number of halogens is 3. The van der Waals surface area contributed by atoms with Gasteiger partial charge in [-0.15, -0.1) is 16.4 Å². The molecule has 2 aromatic carbocycles. The van der Waals surface area contributed by atoms with Gasteiger partial charge in [0, 0.05) is 24.4 Å². The predicted octanol–water partition coefficient (Wildman–Crippen LogP) is 3.40. The van der Waals surface area contributed by atoms with Crippen LogP contribution >= 0.6 is 11.3 Å². The Bertz CT molecular complexity index is 1280. The smallest absolute Gasteiger partial charge is 0.211 e. The molecule has 0 atom stereocenters. The van der Waals surface area contributed by atoms with Crippen molar-refractivity contribution in [1.29, 1.82) is 0 Å². The van der Waals surface area contributed by atoms with Crippen LogP contribution in [0, 0.1) is 17.5 Å². The molecule has 4 aromatic rings. The summed E-state index contributed by atoms with van der Waals surface area (Å²) in [5.41, 5.74) is 0.927. The summed E-state index contributed by atoms with van der Waals surface area (Å²) >= 11 is 1.28. The third-order valence-electron chi connectivity index (χ3n) is 4.08. The summed E-state index contributed by atoms with van der Waals surface area (Å²) in [5, 5.41) is 6.06. The zero-order chi connectivity index (χ0) is 20.6. The molecule has 6 nitrogen and oxygen atoms in total. The van der Waals surface area contributed by atoms with E-state index in [1.165, 1.54) is 21.9 Å². The van der Waals surface area contributed by atoms with Crippen LogP contribution in [0.3, 0.4) is 0 Å². The molecule has 0 radical (unpaired) electrons. The van der Waals surface area contributed by atoms with Crippen LogP contribution in [0.15, 0.2) is 52.7 Å². The summed E-state index contributed by atoms with van der Waals surface area (Å²) in [6, 6.07) is 8.21. The second-order valence-corrected chi connectivity index (χ2v) is 8.69. The van der Waals surface area contributed by atoms with Crippen molar-refractivity contribution < 1.29 is 21.6 Å². The van der Waals surface area contributed by atoms with E-state index in [9.17, 15) is 21.6 Å². The highest BCUT2D eigenvalue weighted by Crippen LogP contribution is 2.23. The molecule has 4 rings (SSSR count). The lowest BCUT2D eigenvalue weighted by Crippen LogP contribution is -2.26. The van der Waals surface area contributed by atoms with Crippen LogP contribution in [0.4, 0.5) is 13.2 Å². The quantitative estimate of drug-likeness (QED) is 0.501. The highest BCUT2D eigenvalue weighted by molar-refractivity contribution is 7.89. The van der Waals surface area contributed by atoms with Crippen molar-refractivity contribution >= 4 is 26.3 Å². The molecule has 11 heteroatoms.